The number of aromatic amines is 1. The van der Waals surface area contributed by atoms with Crippen molar-refractivity contribution in [2.75, 3.05) is 31.2 Å². The largest absolute Gasteiger partial charge is 0.378 e. The van der Waals surface area contributed by atoms with Crippen LogP contribution in [0.5, 0.6) is 0 Å². The number of hydrogen-bond acceptors (Lipinski definition) is 4. The highest BCUT2D eigenvalue weighted by molar-refractivity contribution is 6.45. The summed E-state index contributed by atoms with van der Waals surface area (Å²) in [6.45, 7) is 3.32. The highest BCUT2D eigenvalue weighted by Gasteiger charge is 2.14. The second kappa shape index (κ2) is 6.68. The standard InChI is InChI=1S/C20H16Cl2N4O/c21-15-2-4-16-14(19(15)22)9-12(11-23-16)20-24-17-3-1-13(10-18(17)25-20)26-5-7-27-8-6-26/h1-4,9-11H,5-8H2,(H,24,25). The van der Waals surface area contributed by atoms with Crippen LogP contribution in [0.25, 0.3) is 33.3 Å². The van der Waals surface area contributed by atoms with Gasteiger partial charge in [0.05, 0.1) is 39.8 Å². The Hall–Kier alpha value is -2.34. The number of aromatic nitrogens is 3. The van der Waals surface area contributed by atoms with E-state index in [1.165, 1.54) is 0 Å². The first-order valence-electron chi connectivity index (χ1n) is 8.76. The number of pyridine rings is 1. The Labute approximate surface area is 165 Å². The first-order valence-corrected chi connectivity index (χ1v) is 9.51. The molecule has 4 aromatic rings. The fraction of sp³-hybridized carbons (Fsp3) is 0.200. The van der Waals surface area contributed by atoms with Gasteiger partial charge in [-0.2, -0.15) is 0 Å². The number of imidazole rings is 1. The van der Waals surface area contributed by atoms with Gasteiger partial charge in [-0.15, -0.1) is 0 Å². The summed E-state index contributed by atoms with van der Waals surface area (Å²) in [5.74, 6) is 0.759. The molecule has 136 valence electrons. The predicted octanol–water partition coefficient (Wildman–Crippen LogP) is 4.92. The number of halogens is 2. The maximum absolute atomic E-state index is 6.35. The van der Waals surface area contributed by atoms with E-state index in [-0.39, 0.29) is 0 Å². The first kappa shape index (κ1) is 16.8. The number of hydrogen-bond donors (Lipinski definition) is 1. The zero-order valence-corrected chi connectivity index (χ0v) is 15.9. The van der Waals surface area contributed by atoms with Gasteiger partial charge >= 0.3 is 0 Å². The Morgan fingerprint density at radius 1 is 1.00 bits per heavy atom. The molecule has 5 rings (SSSR count). The molecule has 2 aromatic heterocycles. The minimum absolute atomic E-state index is 0.509. The summed E-state index contributed by atoms with van der Waals surface area (Å²) >= 11 is 12.5. The molecule has 1 fully saturated rings. The lowest BCUT2D eigenvalue weighted by Gasteiger charge is -2.28. The molecule has 0 radical (unpaired) electrons. The summed E-state index contributed by atoms with van der Waals surface area (Å²) in [7, 11) is 0. The van der Waals surface area contributed by atoms with E-state index in [2.05, 4.69) is 33.1 Å². The van der Waals surface area contributed by atoms with E-state index >= 15 is 0 Å². The maximum atomic E-state index is 6.35. The molecule has 3 heterocycles. The third-order valence-electron chi connectivity index (χ3n) is 4.87. The van der Waals surface area contributed by atoms with Gasteiger partial charge < -0.3 is 14.6 Å². The molecular formula is C20H16Cl2N4O. The maximum Gasteiger partial charge on any atom is 0.140 e. The monoisotopic (exact) mass is 398 g/mol. The summed E-state index contributed by atoms with van der Waals surface area (Å²) in [6.07, 6.45) is 1.80. The van der Waals surface area contributed by atoms with E-state index in [9.17, 15) is 0 Å². The Balaban J connectivity index is 1.56. The molecule has 0 amide bonds. The molecule has 0 bridgehead atoms. The molecule has 27 heavy (non-hydrogen) atoms. The number of morpholine rings is 1. The van der Waals surface area contributed by atoms with Gasteiger partial charge in [0.25, 0.3) is 0 Å². The van der Waals surface area contributed by atoms with Crippen LogP contribution in [0.15, 0.2) is 42.6 Å². The third kappa shape index (κ3) is 3.02. The summed E-state index contributed by atoms with van der Waals surface area (Å²) in [6, 6.07) is 11.9. The Morgan fingerprint density at radius 2 is 1.85 bits per heavy atom. The SMILES string of the molecule is Clc1ccc2ncc(-c3nc4cc(N5CCOCC5)ccc4[nH]3)cc2c1Cl. The van der Waals surface area contributed by atoms with E-state index in [1.807, 2.05) is 12.1 Å². The van der Waals surface area contributed by atoms with Crippen molar-refractivity contribution in [3.63, 3.8) is 0 Å². The molecule has 1 saturated heterocycles. The van der Waals surface area contributed by atoms with Gasteiger partial charge in [0.1, 0.15) is 5.82 Å². The minimum atomic E-state index is 0.509. The van der Waals surface area contributed by atoms with Crippen molar-refractivity contribution in [2.24, 2.45) is 0 Å². The van der Waals surface area contributed by atoms with E-state index in [1.54, 1.807) is 12.3 Å². The van der Waals surface area contributed by atoms with Crippen molar-refractivity contribution < 1.29 is 4.74 Å². The lowest BCUT2D eigenvalue weighted by atomic mass is 10.1. The normalized spacial score (nSPS) is 15.0. The first-order chi connectivity index (χ1) is 13.2. The van der Waals surface area contributed by atoms with Gasteiger partial charge in [-0.25, -0.2) is 4.98 Å². The molecule has 0 unspecified atom stereocenters. The molecule has 5 nitrogen and oxygen atoms in total. The van der Waals surface area contributed by atoms with Crippen LogP contribution in [0.1, 0.15) is 0 Å². The second-order valence-corrected chi connectivity index (χ2v) is 7.32. The Morgan fingerprint density at radius 3 is 2.70 bits per heavy atom. The van der Waals surface area contributed by atoms with Gasteiger partial charge in [0, 0.05) is 35.9 Å². The molecule has 0 aliphatic carbocycles. The van der Waals surface area contributed by atoms with Crippen molar-refractivity contribution in [1.29, 1.82) is 0 Å². The zero-order chi connectivity index (χ0) is 18.4. The van der Waals surface area contributed by atoms with Gasteiger partial charge in [-0.3, -0.25) is 4.98 Å². The van der Waals surface area contributed by atoms with Crippen LogP contribution in [0, 0.1) is 0 Å². The summed E-state index contributed by atoms with van der Waals surface area (Å²) in [5.41, 5.74) is 4.75. The summed E-state index contributed by atoms with van der Waals surface area (Å²) in [4.78, 5) is 14.9. The van der Waals surface area contributed by atoms with E-state index < -0.39 is 0 Å². The second-order valence-electron chi connectivity index (χ2n) is 6.54. The molecule has 0 atom stereocenters. The van der Waals surface area contributed by atoms with E-state index in [0.717, 1.165) is 65.3 Å². The summed E-state index contributed by atoms with van der Waals surface area (Å²) < 4.78 is 5.43. The number of anilines is 1. The van der Waals surface area contributed by atoms with Gasteiger partial charge in [0.15, 0.2) is 0 Å². The lowest BCUT2D eigenvalue weighted by molar-refractivity contribution is 0.122. The van der Waals surface area contributed by atoms with Crippen molar-refractivity contribution in [3.8, 4) is 11.4 Å². The number of benzene rings is 2. The van der Waals surface area contributed by atoms with Crippen LogP contribution in [0.3, 0.4) is 0 Å². The number of rotatable bonds is 2. The molecule has 1 aliphatic heterocycles. The molecule has 1 aliphatic rings. The van der Waals surface area contributed by atoms with E-state index in [4.69, 9.17) is 32.9 Å². The number of fused-ring (bicyclic) bond motifs is 2. The van der Waals surface area contributed by atoms with Gasteiger partial charge in [0.2, 0.25) is 0 Å². The smallest absolute Gasteiger partial charge is 0.140 e. The number of ether oxygens (including phenoxy) is 1. The quantitative estimate of drug-likeness (QED) is 0.520. The number of H-pyrrole nitrogens is 1. The van der Waals surface area contributed by atoms with Crippen LogP contribution in [-0.2, 0) is 4.74 Å². The highest BCUT2D eigenvalue weighted by Crippen LogP contribution is 2.32. The van der Waals surface area contributed by atoms with Crippen LogP contribution < -0.4 is 4.90 Å². The molecule has 7 heteroatoms. The summed E-state index contributed by atoms with van der Waals surface area (Å²) in [5, 5.41) is 1.84. The fourth-order valence-electron chi connectivity index (χ4n) is 3.42. The highest BCUT2D eigenvalue weighted by atomic mass is 35.5. The predicted molar refractivity (Wildman–Crippen MR) is 110 cm³/mol. The Bertz CT molecular complexity index is 1150. The average Bonchev–Trinajstić information content (AvgIpc) is 3.14. The Kier molecular flexibility index (Phi) is 4.16. The van der Waals surface area contributed by atoms with E-state index in [0.29, 0.717) is 10.0 Å². The van der Waals surface area contributed by atoms with Gasteiger partial charge in [-0.1, -0.05) is 23.2 Å². The topological polar surface area (TPSA) is 54.0 Å². The average molecular weight is 399 g/mol. The number of nitrogens with one attached hydrogen (secondary N) is 1. The lowest BCUT2D eigenvalue weighted by Crippen LogP contribution is -2.36. The molecule has 0 spiro atoms. The van der Waals surface area contributed by atoms with Gasteiger partial charge in [-0.05, 0) is 36.4 Å². The zero-order valence-electron chi connectivity index (χ0n) is 14.4. The van der Waals surface area contributed by atoms with Crippen LogP contribution in [-0.4, -0.2) is 41.3 Å². The molecule has 0 saturated carbocycles. The van der Waals surface area contributed by atoms with Crippen molar-refractivity contribution in [2.45, 2.75) is 0 Å². The minimum Gasteiger partial charge on any atom is -0.378 e. The van der Waals surface area contributed by atoms with Crippen molar-refractivity contribution in [3.05, 3.63) is 52.6 Å². The molecule has 1 N–H and O–H groups in total. The van der Waals surface area contributed by atoms with Crippen LogP contribution in [0.2, 0.25) is 10.0 Å². The molecule has 2 aromatic carbocycles. The third-order valence-corrected chi connectivity index (χ3v) is 5.69. The molecular weight excluding hydrogens is 383 g/mol. The van der Waals surface area contributed by atoms with Crippen LogP contribution >= 0.6 is 23.2 Å². The van der Waals surface area contributed by atoms with Crippen molar-refractivity contribution in [1.82, 2.24) is 15.0 Å². The van der Waals surface area contributed by atoms with Crippen molar-refractivity contribution >= 4 is 50.8 Å². The fourth-order valence-corrected chi connectivity index (χ4v) is 3.80. The number of nitrogens with zero attached hydrogens (tertiary/aromatic N) is 3. The van der Waals surface area contributed by atoms with Crippen LogP contribution in [0.4, 0.5) is 5.69 Å².